The van der Waals surface area contributed by atoms with Crippen molar-refractivity contribution < 1.29 is 4.79 Å². The third-order valence-electron chi connectivity index (χ3n) is 4.83. The Morgan fingerprint density at radius 1 is 0.923 bits per heavy atom. The Morgan fingerprint density at radius 3 is 2.38 bits per heavy atom. The Balaban J connectivity index is 1.59. The number of carbonyl (C=O) groups is 1. The molecule has 0 radical (unpaired) electrons. The molecule has 2 heterocycles. The van der Waals surface area contributed by atoms with Crippen molar-refractivity contribution in [2.24, 2.45) is 0 Å². The number of aromatic nitrogens is 2. The van der Waals surface area contributed by atoms with Gasteiger partial charge in [-0.25, -0.2) is 4.98 Å². The summed E-state index contributed by atoms with van der Waals surface area (Å²) in [4.78, 5) is 19.5. The molecule has 1 aliphatic heterocycles. The highest BCUT2D eigenvalue weighted by molar-refractivity contribution is 7.99. The zero-order valence-corrected chi connectivity index (χ0v) is 15.6. The summed E-state index contributed by atoms with van der Waals surface area (Å²) < 4.78 is 2.15. The number of imidazole rings is 1. The third-order valence-corrected chi connectivity index (χ3v) is 5.75. The number of nitrogens with zero attached hydrogens (tertiary/aromatic N) is 3. The van der Waals surface area contributed by atoms with E-state index in [-0.39, 0.29) is 5.91 Å². The Labute approximate surface area is 158 Å². The second-order valence-electron chi connectivity index (χ2n) is 6.64. The van der Waals surface area contributed by atoms with Gasteiger partial charge in [0.1, 0.15) is 0 Å². The fourth-order valence-corrected chi connectivity index (χ4v) is 4.40. The van der Waals surface area contributed by atoms with Gasteiger partial charge in [0, 0.05) is 18.8 Å². The van der Waals surface area contributed by atoms with E-state index in [1.807, 2.05) is 41.3 Å². The first-order valence-electron chi connectivity index (χ1n) is 9.26. The monoisotopic (exact) mass is 365 g/mol. The molecule has 0 unspecified atom stereocenters. The fourth-order valence-electron chi connectivity index (χ4n) is 3.46. The van der Waals surface area contributed by atoms with Crippen LogP contribution in [0.4, 0.5) is 0 Å². The summed E-state index contributed by atoms with van der Waals surface area (Å²) in [5.74, 6) is 0.666. The highest BCUT2D eigenvalue weighted by Crippen LogP contribution is 2.28. The van der Waals surface area contributed by atoms with E-state index in [2.05, 4.69) is 22.8 Å². The van der Waals surface area contributed by atoms with Gasteiger partial charge in [0.2, 0.25) is 5.91 Å². The van der Waals surface area contributed by atoms with Crippen LogP contribution in [0.25, 0.3) is 16.7 Å². The van der Waals surface area contributed by atoms with Crippen molar-refractivity contribution in [2.45, 2.75) is 30.8 Å². The van der Waals surface area contributed by atoms with Crippen LogP contribution < -0.4 is 0 Å². The van der Waals surface area contributed by atoms with Crippen molar-refractivity contribution in [3.05, 3.63) is 54.6 Å². The number of rotatable bonds is 4. The largest absolute Gasteiger partial charge is 0.342 e. The Morgan fingerprint density at radius 2 is 1.62 bits per heavy atom. The Kier molecular flexibility index (Phi) is 5.25. The molecular formula is C21H23N3OS. The number of thioether (sulfide) groups is 1. The summed E-state index contributed by atoms with van der Waals surface area (Å²) in [5, 5.41) is 0.876. The fraction of sp³-hybridized carbons (Fsp3) is 0.333. The molecule has 1 amide bonds. The predicted octanol–water partition coefficient (Wildman–Crippen LogP) is 4.52. The molecule has 3 aromatic rings. The number of likely N-dealkylation sites (tertiary alicyclic amines) is 1. The van der Waals surface area contributed by atoms with Crippen LogP contribution in [0.5, 0.6) is 0 Å². The number of fused-ring (bicyclic) bond motifs is 1. The zero-order valence-electron chi connectivity index (χ0n) is 14.8. The molecule has 1 saturated heterocycles. The standard InChI is InChI=1S/C21H23N3OS/c25-20(23-14-8-1-2-9-15-23)16-26-21-22-18-12-6-7-13-19(18)24(21)17-10-4-3-5-11-17/h3-7,10-13H,1-2,8-9,14-16H2. The van der Waals surface area contributed by atoms with Crippen LogP contribution in [0.1, 0.15) is 25.7 Å². The molecule has 0 bridgehead atoms. The van der Waals surface area contributed by atoms with Crippen molar-refractivity contribution in [1.82, 2.24) is 14.5 Å². The van der Waals surface area contributed by atoms with E-state index in [4.69, 9.17) is 4.98 Å². The lowest BCUT2D eigenvalue weighted by molar-refractivity contribution is -0.128. The molecule has 1 fully saturated rings. The normalized spacial score (nSPS) is 15.2. The number of para-hydroxylation sites is 3. The first-order chi connectivity index (χ1) is 12.8. The molecule has 0 saturated carbocycles. The molecule has 0 spiro atoms. The van der Waals surface area contributed by atoms with Gasteiger partial charge in [-0.3, -0.25) is 9.36 Å². The van der Waals surface area contributed by atoms with Gasteiger partial charge in [0.15, 0.2) is 5.16 Å². The molecule has 0 aliphatic carbocycles. The second-order valence-corrected chi connectivity index (χ2v) is 7.58. The summed E-state index contributed by atoms with van der Waals surface area (Å²) in [6.07, 6.45) is 4.72. The summed E-state index contributed by atoms with van der Waals surface area (Å²) in [7, 11) is 0. The third kappa shape index (κ3) is 3.63. The van der Waals surface area contributed by atoms with Crippen LogP contribution in [0.15, 0.2) is 59.8 Å². The van der Waals surface area contributed by atoms with E-state index in [0.717, 1.165) is 47.8 Å². The molecule has 2 aromatic carbocycles. The Hall–Kier alpha value is -2.27. The number of hydrogen-bond acceptors (Lipinski definition) is 3. The SMILES string of the molecule is O=C(CSc1nc2ccccc2n1-c1ccccc1)N1CCCCCC1. The quantitative estimate of drug-likeness (QED) is 0.638. The lowest BCUT2D eigenvalue weighted by Gasteiger charge is -2.20. The number of carbonyl (C=O) groups excluding carboxylic acids is 1. The highest BCUT2D eigenvalue weighted by atomic mass is 32.2. The molecular weight excluding hydrogens is 342 g/mol. The van der Waals surface area contributed by atoms with Crippen LogP contribution in [-0.4, -0.2) is 39.2 Å². The van der Waals surface area contributed by atoms with Gasteiger partial charge in [-0.15, -0.1) is 0 Å². The van der Waals surface area contributed by atoms with E-state index in [1.54, 1.807) is 0 Å². The molecule has 26 heavy (non-hydrogen) atoms. The van der Waals surface area contributed by atoms with Crippen LogP contribution in [0.3, 0.4) is 0 Å². The van der Waals surface area contributed by atoms with E-state index in [0.29, 0.717) is 5.75 Å². The minimum absolute atomic E-state index is 0.226. The van der Waals surface area contributed by atoms with Crippen molar-refractivity contribution in [2.75, 3.05) is 18.8 Å². The van der Waals surface area contributed by atoms with Gasteiger partial charge >= 0.3 is 0 Å². The van der Waals surface area contributed by atoms with Crippen molar-refractivity contribution in [1.29, 1.82) is 0 Å². The second kappa shape index (κ2) is 7.96. The lowest BCUT2D eigenvalue weighted by atomic mass is 10.2. The van der Waals surface area contributed by atoms with E-state index >= 15 is 0 Å². The number of hydrogen-bond donors (Lipinski definition) is 0. The topological polar surface area (TPSA) is 38.1 Å². The molecule has 4 nitrogen and oxygen atoms in total. The molecule has 1 aromatic heterocycles. The maximum absolute atomic E-state index is 12.7. The van der Waals surface area contributed by atoms with Gasteiger partial charge < -0.3 is 4.90 Å². The first-order valence-corrected chi connectivity index (χ1v) is 10.2. The minimum atomic E-state index is 0.226. The summed E-state index contributed by atoms with van der Waals surface area (Å²) in [5.41, 5.74) is 3.11. The summed E-state index contributed by atoms with van der Waals surface area (Å²) in [6, 6.07) is 18.4. The molecule has 0 N–H and O–H groups in total. The molecule has 134 valence electrons. The average molecular weight is 366 g/mol. The highest BCUT2D eigenvalue weighted by Gasteiger charge is 2.18. The number of benzene rings is 2. The minimum Gasteiger partial charge on any atom is -0.342 e. The molecule has 4 rings (SSSR count). The summed E-state index contributed by atoms with van der Waals surface area (Å²) >= 11 is 1.54. The van der Waals surface area contributed by atoms with Gasteiger partial charge in [-0.05, 0) is 37.1 Å². The van der Waals surface area contributed by atoms with Gasteiger partial charge in [-0.1, -0.05) is 54.9 Å². The van der Waals surface area contributed by atoms with Crippen molar-refractivity contribution >= 4 is 28.7 Å². The maximum Gasteiger partial charge on any atom is 0.233 e. The van der Waals surface area contributed by atoms with Crippen molar-refractivity contribution in [3.8, 4) is 5.69 Å². The van der Waals surface area contributed by atoms with Crippen LogP contribution in [0.2, 0.25) is 0 Å². The van der Waals surface area contributed by atoms with Crippen LogP contribution >= 0.6 is 11.8 Å². The van der Waals surface area contributed by atoms with Crippen LogP contribution in [-0.2, 0) is 4.79 Å². The summed E-state index contributed by atoms with van der Waals surface area (Å²) in [6.45, 7) is 1.79. The zero-order chi connectivity index (χ0) is 17.8. The van der Waals surface area contributed by atoms with Gasteiger partial charge in [-0.2, -0.15) is 0 Å². The lowest BCUT2D eigenvalue weighted by Crippen LogP contribution is -2.33. The average Bonchev–Trinajstić information content (AvgIpc) is 2.85. The Bertz CT molecular complexity index is 883. The van der Waals surface area contributed by atoms with Gasteiger partial charge in [0.05, 0.1) is 16.8 Å². The van der Waals surface area contributed by atoms with E-state index in [9.17, 15) is 4.79 Å². The maximum atomic E-state index is 12.7. The predicted molar refractivity (Wildman–Crippen MR) is 107 cm³/mol. The molecule has 0 atom stereocenters. The van der Waals surface area contributed by atoms with E-state index < -0.39 is 0 Å². The van der Waals surface area contributed by atoms with Crippen molar-refractivity contribution in [3.63, 3.8) is 0 Å². The molecule has 1 aliphatic rings. The van der Waals surface area contributed by atoms with E-state index in [1.165, 1.54) is 24.6 Å². The number of amides is 1. The van der Waals surface area contributed by atoms with Gasteiger partial charge in [0.25, 0.3) is 0 Å². The first kappa shape index (κ1) is 17.2. The molecule has 5 heteroatoms. The smallest absolute Gasteiger partial charge is 0.233 e. The van der Waals surface area contributed by atoms with Crippen LogP contribution in [0, 0.1) is 0 Å².